The minimum Gasteiger partial charge on any atom is -0.273 e. The van der Waals surface area contributed by atoms with E-state index >= 15 is 0 Å². The van der Waals surface area contributed by atoms with Crippen molar-refractivity contribution < 1.29 is 4.79 Å². The highest BCUT2D eigenvalue weighted by Crippen LogP contribution is 2.09. The van der Waals surface area contributed by atoms with Gasteiger partial charge in [-0.15, -0.1) is 0 Å². The molecule has 3 nitrogen and oxygen atoms in total. The standard InChI is InChI=1S/C12H15BrN2O/c1-2-3-7-12(16)15-14-9-10-5-4-6-11(13)8-10/h4-6,8-9H,2-3,7H2,1H3,(H,15,16). The van der Waals surface area contributed by atoms with Crippen LogP contribution in [0.3, 0.4) is 0 Å². The van der Waals surface area contributed by atoms with E-state index in [9.17, 15) is 4.79 Å². The van der Waals surface area contributed by atoms with Gasteiger partial charge < -0.3 is 0 Å². The van der Waals surface area contributed by atoms with Crippen molar-refractivity contribution in [2.75, 3.05) is 0 Å². The number of unbranched alkanes of at least 4 members (excludes halogenated alkanes) is 1. The van der Waals surface area contributed by atoms with E-state index in [-0.39, 0.29) is 5.91 Å². The van der Waals surface area contributed by atoms with Crippen LogP contribution in [0, 0.1) is 0 Å². The predicted octanol–water partition coefficient (Wildman–Crippen LogP) is 3.09. The summed E-state index contributed by atoms with van der Waals surface area (Å²) in [5.41, 5.74) is 3.45. The third-order valence-electron chi connectivity index (χ3n) is 2.01. The fourth-order valence-electron chi connectivity index (χ4n) is 1.16. The van der Waals surface area contributed by atoms with E-state index in [1.165, 1.54) is 0 Å². The predicted molar refractivity (Wildman–Crippen MR) is 69.4 cm³/mol. The lowest BCUT2D eigenvalue weighted by Crippen LogP contribution is -2.16. The van der Waals surface area contributed by atoms with Crippen LogP contribution < -0.4 is 5.43 Å². The normalized spacial score (nSPS) is 10.6. The lowest BCUT2D eigenvalue weighted by Gasteiger charge is -1.98. The summed E-state index contributed by atoms with van der Waals surface area (Å²) in [5.74, 6) is -0.0342. The summed E-state index contributed by atoms with van der Waals surface area (Å²) < 4.78 is 0.994. The SMILES string of the molecule is CCCCC(=O)NN=Cc1cccc(Br)c1. The first-order valence-electron chi connectivity index (χ1n) is 5.30. The second-order valence-electron chi connectivity index (χ2n) is 3.45. The molecule has 0 atom stereocenters. The third kappa shape index (κ3) is 5.07. The van der Waals surface area contributed by atoms with E-state index in [1.54, 1.807) is 6.21 Å². The van der Waals surface area contributed by atoms with Gasteiger partial charge in [0.2, 0.25) is 5.91 Å². The molecule has 4 heteroatoms. The summed E-state index contributed by atoms with van der Waals surface area (Å²) in [7, 11) is 0. The molecule has 0 radical (unpaired) electrons. The molecule has 0 spiro atoms. The molecule has 0 aromatic heterocycles. The summed E-state index contributed by atoms with van der Waals surface area (Å²) in [6.45, 7) is 2.05. The summed E-state index contributed by atoms with van der Waals surface area (Å²) in [6, 6.07) is 7.72. The van der Waals surface area contributed by atoms with Crippen LogP contribution in [0.15, 0.2) is 33.8 Å². The van der Waals surface area contributed by atoms with Crippen LogP contribution in [-0.4, -0.2) is 12.1 Å². The van der Waals surface area contributed by atoms with Crippen LogP contribution in [0.2, 0.25) is 0 Å². The lowest BCUT2D eigenvalue weighted by molar-refractivity contribution is -0.121. The number of hydrazone groups is 1. The van der Waals surface area contributed by atoms with Crippen molar-refractivity contribution in [1.29, 1.82) is 0 Å². The molecule has 0 unspecified atom stereocenters. The van der Waals surface area contributed by atoms with Crippen LogP contribution in [0.25, 0.3) is 0 Å². The Morgan fingerprint density at radius 2 is 2.38 bits per heavy atom. The number of halogens is 1. The second kappa shape index (κ2) is 7.17. The van der Waals surface area contributed by atoms with Crippen molar-refractivity contribution in [3.8, 4) is 0 Å². The molecule has 1 rings (SSSR count). The molecule has 0 heterocycles. The lowest BCUT2D eigenvalue weighted by atomic mass is 10.2. The Kier molecular flexibility index (Phi) is 5.78. The van der Waals surface area contributed by atoms with Gasteiger partial charge in [-0.05, 0) is 24.1 Å². The molecule has 0 bridgehead atoms. The second-order valence-corrected chi connectivity index (χ2v) is 4.37. The van der Waals surface area contributed by atoms with Crippen LogP contribution in [0.4, 0.5) is 0 Å². The average molecular weight is 283 g/mol. The summed E-state index contributed by atoms with van der Waals surface area (Å²) in [5, 5.41) is 3.89. The zero-order valence-electron chi connectivity index (χ0n) is 9.24. The van der Waals surface area contributed by atoms with E-state index in [4.69, 9.17) is 0 Å². The maximum atomic E-state index is 11.2. The maximum Gasteiger partial charge on any atom is 0.240 e. The molecule has 1 aromatic carbocycles. The minimum absolute atomic E-state index is 0.0342. The molecular weight excluding hydrogens is 268 g/mol. The topological polar surface area (TPSA) is 41.5 Å². The first-order valence-corrected chi connectivity index (χ1v) is 6.09. The minimum atomic E-state index is -0.0342. The summed E-state index contributed by atoms with van der Waals surface area (Å²) in [4.78, 5) is 11.2. The van der Waals surface area contributed by atoms with Crippen LogP contribution in [-0.2, 0) is 4.79 Å². The van der Waals surface area contributed by atoms with Gasteiger partial charge in [0.15, 0.2) is 0 Å². The van der Waals surface area contributed by atoms with Crippen LogP contribution >= 0.6 is 15.9 Å². The Bertz CT molecular complexity index is 377. The first-order chi connectivity index (χ1) is 7.72. The van der Waals surface area contributed by atoms with E-state index in [0.717, 1.165) is 22.9 Å². The van der Waals surface area contributed by atoms with Gasteiger partial charge in [0.1, 0.15) is 0 Å². The number of nitrogens with one attached hydrogen (secondary N) is 1. The van der Waals surface area contributed by atoms with Crippen LogP contribution in [0.5, 0.6) is 0 Å². The summed E-state index contributed by atoms with van der Waals surface area (Å²) >= 11 is 3.37. The number of nitrogens with zero attached hydrogens (tertiary/aromatic N) is 1. The van der Waals surface area contributed by atoms with Gasteiger partial charge in [-0.25, -0.2) is 5.43 Å². The molecule has 0 aliphatic heterocycles. The number of amides is 1. The number of hydrogen-bond donors (Lipinski definition) is 1. The van der Waals surface area contributed by atoms with Gasteiger partial charge >= 0.3 is 0 Å². The molecule has 0 aliphatic carbocycles. The largest absolute Gasteiger partial charge is 0.273 e. The van der Waals surface area contributed by atoms with Gasteiger partial charge in [-0.1, -0.05) is 41.4 Å². The van der Waals surface area contributed by atoms with E-state index in [1.807, 2.05) is 24.3 Å². The Balaban J connectivity index is 2.40. The smallest absolute Gasteiger partial charge is 0.240 e. The number of hydrogen-bond acceptors (Lipinski definition) is 2. The van der Waals surface area contributed by atoms with Gasteiger partial charge in [-0.3, -0.25) is 4.79 Å². The zero-order chi connectivity index (χ0) is 11.8. The molecular formula is C12H15BrN2O. The third-order valence-corrected chi connectivity index (χ3v) is 2.50. The van der Waals surface area contributed by atoms with Crippen molar-refractivity contribution >= 4 is 28.1 Å². The molecule has 0 fully saturated rings. The fourth-order valence-corrected chi connectivity index (χ4v) is 1.58. The number of carbonyl (C=O) groups is 1. The molecule has 0 saturated heterocycles. The monoisotopic (exact) mass is 282 g/mol. The Morgan fingerprint density at radius 1 is 1.56 bits per heavy atom. The highest BCUT2D eigenvalue weighted by Gasteiger charge is 1.96. The molecule has 1 amide bonds. The number of rotatable bonds is 5. The van der Waals surface area contributed by atoms with Gasteiger partial charge in [0.25, 0.3) is 0 Å². The number of carbonyl (C=O) groups excluding carboxylic acids is 1. The average Bonchev–Trinajstić information content (AvgIpc) is 2.26. The highest BCUT2D eigenvalue weighted by molar-refractivity contribution is 9.10. The van der Waals surface area contributed by atoms with Gasteiger partial charge in [-0.2, -0.15) is 5.10 Å². The Hall–Kier alpha value is -1.16. The quantitative estimate of drug-likeness (QED) is 0.654. The van der Waals surface area contributed by atoms with Crippen molar-refractivity contribution in [3.63, 3.8) is 0 Å². The van der Waals surface area contributed by atoms with Crippen molar-refractivity contribution in [2.24, 2.45) is 5.10 Å². The number of benzene rings is 1. The highest BCUT2D eigenvalue weighted by atomic mass is 79.9. The van der Waals surface area contributed by atoms with Crippen molar-refractivity contribution in [2.45, 2.75) is 26.2 Å². The van der Waals surface area contributed by atoms with Crippen LogP contribution in [0.1, 0.15) is 31.7 Å². The molecule has 16 heavy (non-hydrogen) atoms. The molecule has 1 aromatic rings. The fraction of sp³-hybridized carbons (Fsp3) is 0.333. The summed E-state index contributed by atoms with van der Waals surface area (Å²) in [6.07, 6.45) is 4.09. The first kappa shape index (κ1) is 12.9. The Labute approximate surface area is 104 Å². The van der Waals surface area contributed by atoms with Gasteiger partial charge in [0.05, 0.1) is 6.21 Å². The molecule has 0 aliphatic rings. The van der Waals surface area contributed by atoms with E-state index in [0.29, 0.717) is 6.42 Å². The molecule has 1 N–H and O–H groups in total. The van der Waals surface area contributed by atoms with Gasteiger partial charge in [0, 0.05) is 10.9 Å². The zero-order valence-corrected chi connectivity index (χ0v) is 10.8. The molecule has 86 valence electrons. The van der Waals surface area contributed by atoms with Crippen molar-refractivity contribution in [3.05, 3.63) is 34.3 Å². The van der Waals surface area contributed by atoms with E-state index in [2.05, 4.69) is 33.4 Å². The van der Waals surface area contributed by atoms with Crippen molar-refractivity contribution in [1.82, 2.24) is 5.43 Å². The van der Waals surface area contributed by atoms with E-state index < -0.39 is 0 Å². The Morgan fingerprint density at radius 3 is 3.06 bits per heavy atom. The molecule has 0 saturated carbocycles. The maximum absolute atomic E-state index is 11.2.